The molecule has 0 bridgehead atoms. The highest BCUT2D eigenvalue weighted by Crippen LogP contribution is 2.44. The van der Waals surface area contributed by atoms with E-state index in [1.165, 1.54) is 0 Å². The van der Waals surface area contributed by atoms with E-state index in [4.69, 9.17) is 16.3 Å². The van der Waals surface area contributed by atoms with Crippen molar-refractivity contribution < 1.29 is 14.3 Å². The van der Waals surface area contributed by atoms with E-state index in [0.29, 0.717) is 11.4 Å². The van der Waals surface area contributed by atoms with E-state index in [1.54, 1.807) is 16.7 Å². The molecule has 128 valence electrons. The number of carbonyl (C=O) groups is 2. The first-order valence-corrected chi connectivity index (χ1v) is 9.32. The van der Waals surface area contributed by atoms with Crippen LogP contribution in [0.1, 0.15) is 20.8 Å². The summed E-state index contributed by atoms with van der Waals surface area (Å²) in [6.07, 6.45) is 0. The largest absolute Gasteiger partial charge is 0.489 e. The Morgan fingerprint density at radius 2 is 2.00 bits per heavy atom. The Labute approximate surface area is 151 Å². The van der Waals surface area contributed by atoms with Gasteiger partial charge >= 0.3 is 0 Å². The molecule has 0 radical (unpaired) electrons. The Morgan fingerprint density at radius 3 is 2.62 bits per heavy atom. The number of halogens is 1. The molecule has 0 aliphatic carbocycles. The molecule has 0 spiro atoms. The van der Waals surface area contributed by atoms with Crippen LogP contribution in [0.3, 0.4) is 0 Å². The first-order chi connectivity index (χ1) is 11.3. The number of β-lactam (4-membered cyclic amide) rings is 1. The minimum atomic E-state index is -0.572. The van der Waals surface area contributed by atoms with Gasteiger partial charge in [-0.15, -0.1) is 23.4 Å². The highest BCUT2D eigenvalue weighted by atomic mass is 35.5. The quantitative estimate of drug-likeness (QED) is 0.605. The molecular formula is C18H20ClNO3S. The fourth-order valence-corrected chi connectivity index (χ4v) is 4.34. The molecule has 0 aromatic heterocycles. The number of Topliss-reactive ketones (excluding diaryl/α,β-unsaturated/α-hetero) is 1. The number of allylic oxidation sites excluding steroid dienone is 1. The minimum Gasteiger partial charge on any atom is -0.489 e. The lowest BCUT2D eigenvalue weighted by Crippen LogP contribution is -2.63. The van der Waals surface area contributed by atoms with Gasteiger partial charge in [0.15, 0.2) is 5.78 Å². The summed E-state index contributed by atoms with van der Waals surface area (Å²) in [6, 6.07) is 9.45. The molecule has 24 heavy (non-hydrogen) atoms. The monoisotopic (exact) mass is 365 g/mol. The Morgan fingerprint density at radius 1 is 1.33 bits per heavy atom. The first-order valence-electron chi connectivity index (χ1n) is 7.84. The van der Waals surface area contributed by atoms with E-state index in [1.807, 2.05) is 51.1 Å². The van der Waals surface area contributed by atoms with Crippen LogP contribution < -0.4 is 4.74 Å². The second-order valence-corrected chi connectivity index (χ2v) is 8.52. The predicted octanol–water partition coefficient (Wildman–Crippen LogP) is 3.46. The van der Waals surface area contributed by atoms with Crippen molar-refractivity contribution >= 4 is 35.1 Å². The van der Waals surface area contributed by atoms with Crippen molar-refractivity contribution in [3.63, 3.8) is 0 Å². The third-order valence-electron chi connectivity index (χ3n) is 4.03. The van der Waals surface area contributed by atoms with Gasteiger partial charge < -0.3 is 4.74 Å². The zero-order chi connectivity index (χ0) is 17.5. The number of ketones is 1. The van der Waals surface area contributed by atoms with Crippen LogP contribution in [0.25, 0.3) is 0 Å². The molecule has 1 fully saturated rings. The molecule has 6 heteroatoms. The van der Waals surface area contributed by atoms with Gasteiger partial charge in [-0.05, 0) is 12.1 Å². The predicted molar refractivity (Wildman–Crippen MR) is 96.2 cm³/mol. The van der Waals surface area contributed by atoms with Crippen LogP contribution in [0.5, 0.6) is 5.75 Å². The fourth-order valence-electron chi connectivity index (χ4n) is 2.67. The van der Waals surface area contributed by atoms with Gasteiger partial charge in [0.05, 0.1) is 5.70 Å². The maximum Gasteiger partial charge on any atom is 0.249 e. The maximum atomic E-state index is 12.9. The number of fused-ring (bicyclic) bond motifs is 1. The van der Waals surface area contributed by atoms with Crippen molar-refractivity contribution in [2.75, 3.05) is 12.4 Å². The van der Waals surface area contributed by atoms with Crippen LogP contribution in [0.15, 0.2) is 41.6 Å². The molecule has 3 rings (SSSR count). The summed E-state index contributed by atoms with van der Waals surface area (Å²) >= 11 is 7.68. The molecular weight excluding hydrogens is 346 g/mol. The second-order valence-electron chi connectivity index (χ2n) is 6.94. The minimum absolute atomic E-state index is 0.0450. The standard InChI is InChI=1S/C18H20ClNO3S/c1-18(2,3)15(21)14-11(9-23-12-7-5-4-6-8-12)10-24-17-13(19)16(22)20(14)17/h4-8,13,17H,9-10H2,1-3H3/t13-,17-/m0/s1. The molecule has 4 nitrogen and oxygen atoms in total. The Balaban J connectivity index is 1.90. The number of nitrogens with zero attached hydrogens (tertiary/aromatic N) is 1. The number of rotatable bonds is 4. The number of benzene rings is 1. The van der Waals surface area contributed by atoms with E-state index in [-0.39, 0.29) is 23.7 Å². The van der Waals surface area contributed by atoms with Gasteiger partial charge in [-0.1, -0.05) is 39.0 Å². The fraction of sp³-hybridized carbons (Fsp3) is 0.444. The molecule has 2 aliphatic heterocycles. The normalized spacial score (nSPS) is 23.7. The average Bonchev–Trinajstić information content (AvgIpc) is 2.57. The highest BCUT2D eigenvalue weighted by molar-refractivity contribution is 8.00. The van der Waals surface area contributed by atoms with Crippen molar-refractivity contribution in [2.45, 2.75) is 31.5 Å². The van der Waals surface area contributed by atoms with Crippen molar-refractivity contribution in [2.24, 2.45) is 5.41 Å². The van der Waals surface area contributed by atoms with E-state index in [9.17, 15) is 9.59 Å². The Bertz CT molecular complexity index is 696. The van der Waals surface area contributed by atoms with E-state index >= 15 is 0 Å². The Kier molecular flexibility index (Phi) is 4.67. The van der Waals surface area contributed by atoms with Crippen molar-refractivity contribution in [1.29, 1.82) is 0 Å². The maximum absolute atomic E-state index is 12.9. The third kappa shape index (κ3) is 3.07. The summed E-state index contributed by atoms with van der Waals surface area (Å²) in [5, 5.41) is -0.699. The third-order valence-corrected chi connectivity index (χ3v) is 5.95. The van der Waals surface area contributed by atoms with Gasteiger partial charge in [0.1, 0.15) is 23.1 Å². The lowest BCUT2D eigenvalue weighted by atomic mass is 9.86. The SMILES string of the molecule is CC(C)(C)C(=O)C1=C(COc2ccccc2)CS[C@H]2[C@@H](Cl)C(=O)N12. The molecule has 1 aromatic rings. The van der Waals surface area contributed by atoms with Crippen LogP contribution in [-0.4, -0.2) is 39.7 Å². The summed E-state index contributed by atoms with van der Waals surface area (Å²) in [5.41, 5.74) is 0.749. The van der Waals surface area contributed by atoms with Gasteiger partial charge in [-0.3, -0.25) is 14.5 Å². The molecule has 0 unspecified atom stereocenters. The number of carbonyl (C=O) groups excluding carboxylic acids is 2. The molecule has 2 heterocycles. The smallest absolute Gasteiger partial charge is 0.249 e. The summed E-state index contributed by atoms with van der Waals surface area (Å²) in [7, 11) is 0. The number of para-hydroxylation sites is 1. The van der Waals surface area contributed by atoms with Crippen LogP contribution >= 0.6 is 23.4 Å². The zero-order valence-electron chi connectivity index (χ0n) is 13.9. The molecule has 1 amide bonds. The number of hydrogen-bond donors (Lipinski definition) is 0. The van der Waals surface area contributed by atoms with Crippen LogP contribution in [0, 0.1) is 5.41 Å². The summed E-state index contributed by atoms with van der Waals surface area (Å²) in [6.45, 7) is 5.86. The van der Waals surface area contributed by atoms with Gasteiger partial charge in [0.25, 0.3) is 0 Å². The number of alkyl halides is 1. The number of thioether (sulfide) groups is 1. The number of hydrogen-bond acceptors (Lipinski definition) is 4. The summed E-state index contributed by atoms with van der Waals surface area (Å²) in [4.78, 5) is 26.7. The van der Waals surface area contributed by atoms with Gasteiger partial charge in [0, 0.05) is 16.7 Å². The molecule has 0 saturated carbocycles. The van der Waals surface area contributed by atoms with Gasteiger partial charge in [-0.2, -0.15) is 0 Å². The highest BCUT2D eigenvalue weighted by Gasteiger charge is 2.53. The van der Waals surface area contributed by atoms with Crippen LogP contribution in [0.4, 0.5) is 0 Å². The number of ether oxygens (including phenoxy) is 1. The topological polar surface area (TPSA) is 46.6 Å². The van der Waals surface area contributed by atoms with E-state index < -0.39 is 10.8 Å². The molecule has 0 N–H and O–H groups in total. The molecule has 2 aliphatic rings. The molecule has 2 atom stereocenters. The summed E-state index contributed by atoms with van der Waals surface area (Å²) < 4.78 is 5.81. The average molecular weight is 366 g/mol. The first kappa shape index (κ1) is 17.4. The van der Waals surface area contributed by atoms with Gasteiger partial charge in [0.2, 0.25) is 5.91 Å². The summed E-state index contributed by atoms with van der Waals surface area (Å²) in [5.74, 6) is 1.14. The molecule has 1 saturated heterocycles. The van der Waals surface area contributed by atoms with Crippen LogP contribution in [-0.2, 0) is 9.59 Å². The van der Waals surface area contributed by atoms with Crippen molar-refractivity contribution in [3.05, 3.63) is 41.6 Å². The lowest BCUT2D eigenvalue weighted by Gasteiger charge is -2.48. The lowest BCUT2D eigenvalue weighted by molar-refractivity contribution is -0.141. The zero-order valence-corrected chi connectivity index (χ0v) is 15.5. The Hall–Kier alpha value is -1.46. The van der Waals surface area contributed by atoms with Crippen molar-refractivity contribution in [3.8, 4) is 5.75 Å². The molecule has 1 aromatic carbocycles. The van der Waals surface area contributed by atoms with Crippen molar-refractivity contribution in [1.82, 2.24) is 4.90 Å². The van der Waals surface area contributed by atoms with Gasteiger partial charge in [-0.25, -0.2) is 0 Å². The number of amides is 1. The van der Waals surface area contributed by atoms with E-state index in [0.717, 1.165) is 11.3 Å². The van der Waals surface area contributed by atoms with E-state index in [2.05, 4.69) is 0 Å². The van der Waals surface area contributed by atoms with Crippen LogP contribution in [0.2, 0.25) is 0 Å². The second kappa shape index (κ2) is 6.45.